The first-order valence-electron chi connectivity index (χ1n) is 6.86. The Morgan fingerprint density at radius 2 is 2.16 bits per heavy atom. The summed E-state index contributed by atoms with van der Waals surface area (Å²) in [5, 5.41) is 0. The summed E-state index contributed by atoms with van der Waals surface area (Å²) < 4.78 is 5.34. The zero-order chi connectivity index (χ0) is 13.7. The molecule has 1 aromatic rings. The molecule has 2 rings (SSSR count). The summed E-state index contributed by atoms with van der Waals surface area (Å²) in [5.41, 5.74) is 6.75. The van der Waals surface area contributed by atoms with E-state index in [2.05, 4.69) is 6.92 Å². The summed E-state index contributed by atoms with van der Waals surface area (Å²) in [6.07, 6.45) is 0.775. The van der Waals surface area contributed by atoms with Gasteiger partial charge in [-0.25, -0.2) is 4.79 Å². The molecule has 1 aliphatic rings. The van der Waals surface area contributed by atoms with Crippen molar-refractivity contribution in [2.24, 2.45) is 17.6 Å². The van der Waals surface area contributed by atoms with Crippen LogP contribution in [-0.4, -0.2) is 30.6 Å². The second kappa shape index (κ2) is 6.57. The summed E-state index contributed by atoms with van der Waals surface area (Å²) in [6.45, 7) is 4.64. The van der Waals surface area contributed by atoms with Crippen molar-refractivity contribution in [2.45, 2.75) is 20.0 Å². The van der Waals surface area contributed by atoms with Gasteiger partial charge in [0.2, 0.25) is 0 Å². The molecule has 104 valence electrons. The van der Waals surface area contributed by atoms with Gasteiger partial charge in [-0.1, -0.05) is 37.3 Å². The molecule has 1 amide bonds. The maximum absolute atomic E-state index is 12.0. The van der Waals surface area contributed by atoms with E-state index >= 15 is 0 Å². The Hall–Kier alpha value is -1.55. The predicted molar refractivity (Wildman–Crippen MR) is 74.5 cm³/mol. The first kappa shape index (κ1) is 13.9. The number of carbonyl (C=O) groups is 1. The van der Waals surface area contributed by atoms with Crippen LogP contribution in [0.4, 0.5) is 4.79 Å². The van der Waals surface area contributed by atoms with E-state index in [-0.39, 0.29) is 6.09 Å². The van der Waals surface area contributed by atoms with Crippen LogP contribution in [0.5, 0.6) is 0 Å². The first-order valence-corrected chi connectivity index (χ1v) is 6.86. The Morgan fingerprint density at radius 3 is 2.84 bits per heavy atom. The molecule has 0 radical (unpaired) electrons. The fourth-order valence-corrected chi connectivity index (χ4v) is 2.43. The van der Waals surface area contributed by atoms with Crippen molar-refractivity contribution in [3.05, 3.63) is 35.9 Å². The minimum absolute atomic E-state index is 0.228. The molecular weight excluding hydrogens is 240 g/mol. The van der Waals surface area contributed by atoms with E-state index in [1.807, 2.05) is 30.3 Å². The van der Waals surface area contributed by atoms with E-state index in [0.717, 1.165) is 18.5 Å². The molecule has 4 heteroatoms. The monoisotopic (exact) mass is 262 g/mol. The van der Waals surface area contributed by atoms with Crippen LogP contribution in [0.15, 0.2) is 30.3 Å². The van der Waals surface area contributed by atoms with E-state index < -0.39 is 0 Å². The van der Waals surface area contributed by atoms with E-state index in [1.54, 1.807) is 4.90 Å². The zero-order valence-corrected chi connectivity index (χ0v) is 11.4. The number of ether oxygens (including phenoxy) is 1. The largest absolute Gasteiger partial charge is 0.445 e. The van der Waals surface area contributed by atoms with Crippen LogP contribution < -0.4 is 5.73 Å². The lowest BCUT2D eigenvalue weighted by molar-refractivity contribution is 0.0686. The second-order valence-electron chi connectivity index (χ2n) is 5.25. The van der Waals surface area contributed by atoms with Gasteiger partial charge in [0, 0.05) is 13.1 Å². The average Bonchev–Trinajstić information content (AvgIpc) is 2.46. The molecule has 0 aliphatic carbocycles. The molecule has 1 fully saturated rings. The van der Waals surface area contributed by atoms with Gasteiger partial charge in [0.15, 0.2) is 0 Å². The second-order valence-corrected chi connectivity index (χ2v) is 5.25. The summed E-state index contributed by atoms with van der Waals surface area (Å²) in [6, 6.07) is 9.73. The Bertz CT molecular complexity index is 408. The van der Waals surface area contributed by atoms with Gasteiger partial charge in [-0.05, 0) is 30.4 Å². The van der Waals surface area contributed by atoms with E-state index in [1.165, 1.54) is 0 Å². The number of piperidine rings is 1. The number of rotatable bonds is 3. The van der Waals surface area contributed by atoms with Gasteiger partial charge >= 0.3 is 6.09 Å². The number of nitrogens with two attached hydrogens (primary N) is 1. The molecule has 4 nitrogen and oxygen atoms in total. The first-order chi connectivity index (χ1) is 9.20. The van der Waals surface area contributed by atoms with E-state index in [4.69, 9.17) is 10.5 Å². The fourth-order valence-electron chi connectivity index (χ4n) is 2.43. The van der Waals surface area contributed by atoms with Crippen molar-refractivity contribution in [2.75, 3.05) is 19.6 Å². The Morgan fingerprint density at radius 1 is 1.42 bits per heavy atom. The number of amides is 1. The summed E-state index contributed by atoms with van der Waals surface area (Å²) >= 11 is 0. The van der Waals surface area contributed by atoms with Crippen LogP contribution in [0.3, 0.4) is 0 Å². The van der Waals surface area contributed by atoms with Crippen LogP contribution in [0.25, 0.3) is 0 Å². The number of hydrogen-bond acceptors (Lipinski definition) is 3. The lowest BCUT2D eigenvalue weighted by atomic mass is 9.87. The molecule has 0 unspecified atom stereocenters. The number of likely N-dealkylation sites (tertiary alicyclic amines) is 1. The highest BCUT2D eigenvalue weighted by molar-refractivity contribution is 5.67. The van der Waals surface area contributed by atoms with Crippen LogP contribution in [0.1, 0.15) is 18.9 Å². The lowest BCUT2D eigenvalue weighted by Crippen LogP contribution is -2.45. The quantitative estimate of drug-likeness (QED) is 0.909. The van der Waals surface area contributed by atoms with Crippen LogP contribution >= 0.6 is 0 Å². The number of carbonyl (C=O) groups excluding carboxylic acids is 1. The molecule has 19 heavy (non-hydrogen) atoms. The number of nitrogens with zero attached hydrogens (tertiary/aromatic N) is 1. The molecule has 1 heterocycles. The van der Waals surface area contributed by atoms with Gasteiger partial charge in [-0.3, -0.25) is 0 Å². The predicted octanol–water partition coefficient (Wildman–Crippen LogP) is 2.24. The topological polar surface area (TPSA) is 55.6 Å². The minimum atomic E-state index is -0.228. The number of benzene rings is 1. The van der Waals surface area contributed by atoms with Crippen molar-refractivity contribution < 1.29 is 9.53 Å². The van der Waals surface area contributed by atoms with Crippen LogP contribution in [0.2, 0.25) is 0 Å². The molecule has 2 atom stereocenters. The van der Waals surface area contributed by atoms with E-state index in [9.17, 15) is 4.79 Å². The third-order valence-electron chi connectivity index (χ3n) is 3.88. The van der Waals surface area contributed by atoms with Crippen molar-refractivity contribution in [3.8, 4) is 0 Å². The molecule has 1 saturated heterocycles. The smallest absolute Gasteiger partial charge is 0.410 e. The van der Waals surface area contributed by atoms with Crippen molar-refractivity contribution >= 4 is 6.09 Å². The zero-order valence-electron chi connectivity index (χ0n) is 11.4. The third-order valence-corrected chi connectivity index (χ3v) is 3.88. The highest BCUT2D eigenvalue weighted by atomic mass is 16.6. The summed E-state index contributed by atoms with van der Waals surface area (Å²) in [5.74, 6) is 0.973. The number of hydrogen-bond donors (Lipinski definition) is 1. The average molecular weight is 262 g/mol. The highest BCUT2D eigenvalue weighted by Crippen LogP contribution is 2.22. The van der Waals surface area contributed by atoms with Gasteiger partial charge in [-0.15, -0.1) is 0 Å². The van der Waals surface area contributed by atoms with Crippen LogP contribution in [-0.2, 0) is 11.3 Å². The molecule has 0 bridgehead atoms. The molecular formula is C15H22N2O2. The maximum atomic E-state index is 12.0. The highest BCUT2D eigenvalue weighted by Gasteiger charge is 2.28. The van der Waals surface area contributed by atoms with Crippen molar-refractivity contribution in [1.29, 1.82) is 0 Å². The van der Waals surface area contributed by atoms with Gasteiger partial charge in [0.25, 0.3) is 0 Å². The van der Waals surface area contributed by atoms with Crippen molar-refractivity contribution in [3.63, 3.8) is 0 Å². The molecule has 0 spiro atoms. The van der Waals surface area contributed by atoms with E-state index in [0.29, 0.717) is 31.5 Å². The summed E-state index contributed by atoms with van der Waals surface area (Å²) in [7, 11) is 0. The van der Waals surface area contributed by atoms with Gasteiger partial charge < -0.3 is 15.4 Å². The molecule has 0 aromatic heterocycles. The Labute approximate surface area is 114 Å². The Kier molecular flexibility index (Phi) is 4.80. The lowest BCUT2D eigenvalue weighted by Gasteiger charge is -2.35. The normalized spacial score (nSPS) is 23.2. The molecule has 1 aromatic carbocycles. The molecule has 2 N–H and O–H groups in total. The SMILES string of the molecule is C[C@@H]1CCN(C(=O)OCc2ccccc2)C[C@@H]1CN. The standard InChI is InChI=1S/C15H22N2O2/c1-12-7-8-17(10-14(12)9-16)15(18)19-11-13-5-3-2-4-6-13/h2-6,12,14H,7-11,16H2,1H3/t12-,14+/m1/s1. The molecule has 1 aliphatic heterocycles. The van der Waals surface area contributed by atoms with Gasteiger partial charge in [-0.2, -0.15) is 0 Å². The van der Waals surface area contributed by atoms with Crippen LogP contribution in [0, 0.1) is 11.8 Å². The fraction of sp³-hybridized carbons (Fsp3) is 0.533. The maximum Gasteiger partial charge on any atom is 0.410 e. The molecule has 0 saturated carbocycles. The van der Waals surface area contributed by atoms with Crippen molar-refractivity contribution in [1.82, 2.24) is 4.90 Å². The van der Waals surface area contributed by atoms with Gasteiger partial charge in [0.1, 0.15) is 6.61 Å². The Balaban J connectivity index is 1.83. The minimum Gasteiger partial charge on any atom is -0.445 e. The van der Waals surface area contributed by atoms with Gasteiger partial charge in [0.05, 0.1) is 0 Å². The summed E-state index contributed by atoms with van der Waals surface area (Å²) in [4.78, 5) is 13.8. The third kappa shape index (κ3) is 3.70.